The van der Waals surface area contributed by atoms with E-state index in [0.717, 1.165) is 34.0 Å². The number of carbonyl (C=O) groups is 1. The smallest absolute Gasteiger partial charge is 0.224 e. The molecule has 2 aromatic rings. The predicted molar refractivity (Wildman–Crippen MR) is 88.7 cm³/mol. The van der Waals surface area contributed by atoms with Crippen molar-refractivity contribution in [3.8, 4) is 0 Å². The number of anilines is 1. The van der Waals surface area contributed by atoms with Gasteiger partial charge in [0.15, 0.2) is 0 Å². The Hall–Kier alpha value is -1.90. The topological polar surface area (TPSA) is 42.0 Å². The van der Waals surface area contributed by atoms with Gasteiger partial charge in [-0.25, -0.2) is 0 Å². The number of aromatic nitrogens is 1. The van der Waals surface area contributed by atoms with E-state index < -0.39 is 0 Å². The summed E-state index contributed by atoms with van der Waals surface area (Å²) in [6.45, 7) is 2.05. The van der Waals surface area contributed by atoms with Crippen LogP contribution in [-0.4, -0.2) is 10.9 Å². The van der Waals surface area contributed by atoms with Gasteiger partial charge in [-0.05, 0) is 67.7 Å². The number of benzene rings is 1. The molecule has 0 spiro atoms. The van der Waals surface area contributed by atoms with Crippen LogP contribution in [0.2, 0.25) is 0 Å². The van der Waals surface area contributed by atoms with Gasteiger partial charge >= 0.3 is 0 Å². The molecule has 114 valence electrons. The van der Waals surface area contributed by atoms with Crippen LogP contribution in [0.25, 0.3) is 10.9 Å². The highest BCUT2D eigenvalue weighted by Crippen LogP contribution is 2.49. The average Bonchev–Trinajstić information content (AvgIpc) is 3.13. The number of fused-ring (bicyclic) bond motifs is 3. The molecular weight excluding hydrogens is 272 g/mol. The molecule has 2 saturated carbocycles. The number of hydrogen-bond donors (Lipinski definition) is 1. The van der Waals surface area contributed by atoms with Crippen molar-refractivity contribution in [3.05, 3.63) is 36.0 Å². The summed E-state index contributed by atoms with van der Waals surface area (Å²) in [5, 5.41) is 4.15. The first-order valence-corrected chi connectivity index (χ1v) is 8.35. The van der Waals surface area contributed by atoms with Crippen LogP contribution in [0.1, 0.15) is 37.7 Å². The fourth-order valence-electron chi connectivity index (χ4n) is 4.49. The minimum Gasteiger partial charge on any atom is -0.325 e. The van der Waals surface area contributed by atoms with E-state index in [9.17, 15) is 4.79 Å². The first-order chi connectivity index (χ1) is 10.7. The van der Waals surface area contributed by atoms with Gasteiger partial charge in [0.25, 0.3) is 0 Å². The lowest BCUT2D eigenvalue weighted by molar-refractivity contribution is -0.117. The van der Waals surface area contributed by atoms with E-state index in [2.05, 4.69) is 17.2 Å². The molecule has 2 fully saturated rings. The summed E-state index contributed by atoms with van der Waals surface area (Å²) in [5.41, 5.74) is 3.00. The van der Waals surface area contributed by atoms with E-state index in [0.29, 0.717) is 12.3 Å². The molecule has 1 aromatic carbocycles. The second kappa shape index (κ2) is 5.38. The van der Waals surface area contributed by atoms with E-state index in [1.54, 1.807) is 6.20 Å². The van der Waals surface area contributed by atoms with Crippen LogP contribution in [0.15, 0.2) is 30.5 Å². The van der Waals surface area contributed by atoms with Crippen LogP contribution in [0, 0.1) is 24.7 Å². The van der Waals surface area contributed by atoms with Gasteiger partial charge in [-0.3, -0.25) is 9.78 Å². The van der Waals surface area contributed by atoms with Crippen molar-refractivity contribution in [3.63, 3.8) is 0 Å². The maximum absolute atomic E-state index is 12.4. The van der Waals surface area contributed by atoms with Gasteiger partial charge in [0.05, 0.1) is 11.2 Å². The lowest BCUT2D eigenvalue weighted by Crippen LogP contribution is -2.20. The number of aryl methyl sites for hydroxylation is 1. The number of hydrogen-bond acceptors (Lipinski definition) is 2. The second-order valence-electron chi connectivity index (χ2n) is 7.02. The molecule has 0 saturated heterocycles. The number of carbonyl (C=O) groups excluding carboxylic acids is 1. The molecule has 3 nitrogen and oxygen atoms in total. The fourth-order valence-corrected chi connectivity index (χ4v) is 4.49. The Morgan fingerprint density at radius 1 is 1.27 bits per heavy atom. The highest BCUT2D eigenvalue weighted by molar-refractivity contribution is 6.01. The van der Waals surface area contributed by atoms with Gasteiger partial charge in [0.2, 0.25) is 5.91 Å². The molecule has 0 aliphatic heterocycles. The quantitative estimate of drug-likeness (QED) is 0.916. The number of amides is 1. The van der Waals surface area contributed by atoms with Crippen molar-refractivity contribution < 1.29 is 4.79 Å². The maximum atomic E-state index is 12.4. The third-order valence-electron chi connectivity index (χ3n) is 5.58. The van der Waals surface area contributed by atoms with Crippen LogP contribution < -0.4 is 5.32 Å². The molecule has 2 bridgehead atoms. The fraction of sp³-hybridized carbons (Fsp3) is 0.474. The molecule has 2 aliphatic rings. The van der Waals surface area contributed by atoms with Crippen LogP contribution >= 0.6 is 0 Å². The zero-order chi connectivity index (χ0) is 15.1. The molecule has 3 atom stereocenters. The summed E-state index contributed by atoms with van der Waals surface area (Å²) in [4.78, 5) is 16.9. The Morgan fingerprint density at radius 2 is 2.18 bits per heavy atom. The summed E-state index contributed by atoms with van der Waals surface area (Å²) in [6, 6.07) is 7.98. The van der Waals surface area contributed by atoms with E-state index in [1.165, 1.54) is 25.7 Å². The van der Waals surface area contributed by atoms with Crippen LogP contribution in [0.3, 0.4) is 0 Å². The van der Waals surface area contributed by atoms with Gasteiger partial charge in [0.1, 0.15) is 0 Å². The summed E-state index contributed by atoms with van der Waals surface area (Å²) in [7, 11) is 0. The molecule has 1 amide bonds. The van der Waals surface area contributed by atoms with Crippen molar-refractivity contribution in [1.82, 2.24) is 4.98 Å². The van der Waals surface area contributed by atoms with Crippen LogP contribution in [-0.2, 0) is 4.79 Å². The number of nitrogens with one attached hydrogen (secondary N) is 1. The third kappa shape index (κ3) is 2.39. The summed E-state index contributed by atoms with van der Waals surface area (Å²) in [6.07, 6.45) is 7.81. The minimum absolute atomic E-state index is 0.159. The monoisotopic (exact) mass is 294 g/mol. The van der Waals surface area contributed by atoms with E-state index in [4.69, 9.17) is 0 Å². The van der Waals surface area contributed by atoms with Gasteiger partial charge < -0.3 is 5.32 Å². The molecule has 22 heavy (non-hydrogen) atoms. The van der Waals surface area contributed by atoms with Gasteiger partial charge in [-0.1, -0.05) is 12.5 Å². The molecule has 3 heteroatoms. The second-order valence-corrected chi connectivity index (χ2v) is 7.02. The number of rotatable bonds is 3. The Kier molecular flexibility index (Phi) is 3.36. The summed E-state index contributed by atoms with van der Waals surface area (Å²) in [5.74, 6) is 2.46. The van der Waals surface area contributed by atoms with Crippen molar-refractivity contribution in [2.24, 2.45) is 17.8 Å². The Morgan fingerprint density at radius 3 is 2.95 bits per heavy atom. The van der Waals surface area contributed by atoms with Crippen LogP contribution in [0.5, 0.6) is 0 Å². The molecule has 4 rings (SSSR count). The molecule has 0 unspecified atom stereocenters. The zero-order valence-electron chi connectivity index (χ0n) is 13.0. The maximum Gasteiger partial charge on any atom is 0.224 e. The number of nitrogens with zero attached hydrogens (tertiary/aromatic N) is 1. The summed E-state index contributed by atoms with van der Waals surface area (Å²) < 4.78 is 0. The van der Waals surface area contributed by atoms with E-state index in [1.807, 2.05) is 24.3 Å². The minimum atomic E-state index is 0.159. The lowest BCUT2D eigenvalue weighted by Gasteiger charge is -2.21. The number of pyridine rings is 1. The largest absolute Gasteiger partial charge is 0.325 e. The molecule has 0 radical (unpaired) electrons. The molecule has 1 heterocycles. The van der Waals surface area contributed by atoms with Gasteiger partial charge in [-0.15, -0.1) is 0 Å². The molecule has 2 aliphatic carbocycles. The highest BCUT2D eigenvalue weighted by atomic mass is 16.1. The first kappa shape index (κ1) is 13.7. The van der Waals surface area contributed by atoms with Crippen molar-refractivity contribution in [2.45, 2.75) is 39.0 Å². The third-order valence-corrected chi connectivity index (χ3v) is 5.58. The zero-order valence-corrected chi connectivity index (χ0v) is 13.0. The van der Waals surface area contributed by atoms with Gasteiger partial charge in [-0.2, -0.15) is 0 Å². The van der Waals surface area contributed by atoms with Crippen molar-refractivity contribution in [2.75, 3.05) is 5.32 Å². The standard InChI is InChI=1S/C19H22N2O/c1-12-4-7-17(16-3-2-8-20-19(12)16)21-18(22)11-15-10-13-5-6-14(15)9-13/h2-4,7-8,13-15H,5-6,9-11H2,1H3,(H,21,22)/t13-,14-,15+/m0/s1. The van der Waals surface area contributed by atoms with Crippen LogP contribution in [0.4, 0.5) is 5.69 Å². The highest BCUT2D eigenvalue weighted by Gasteiger charge is 2.40. The normalized spacial score (nSPS) is 26.5. The van der Waals surface area contributed by atoms with Crippen molar-refractivity contribution >= 4 is 22.5 Å². The van der Waals surface area contributed by atoms with Crippen molar-refractivity contribution in [1.29, 1.82) is 0 Å². The molecular formula is C19H22N2O. The Bertz CT molecular complexity index is 724. The molecule has 1 aromatic heterocycles. The van der Waals surface area contributed by atoms with Gasteiger partial charge in [0, 0.05) is 18.0 Å². The molecule has 1 N–H and O–H groups in total. The predicted octanol–water partition coefficient (Wildman–Crippen LogP) is 4.31. The first-order valence-electron chi connectivity index (χ1n) is 8.35. The SMILES string of the molecule is Cc1ccc(NC(=O)C[C@H]2C[C@H]3CC[C@H]2C3)c2cccnc12. The summed E-state index contributed by atoms with van der Waals surface area (Å²) >= 11 is 0. The Balaban J connectivity index is 1.51. The van der Waals surface area contributed by atoms with E-state index in [-0.39, 0.29) is 5.91 Å². The van der Waals surface area contributed by atoms with E-state index >= 15 is 0 Å². The average molecular weight is 294 g/mol. The Labute approximate surface area is 131 Å². The lowest BCUT2D eigenvalue weighted by atomic mass is 9.86.